The largest absolute Gasteiger partial charge is 0.270 e. The van der Waals surface area contributed by atoms with E-state index in [2.05, 4.69) is 0 Å². The fourth-order valence-corrected chi connectivity index (χ4v) is 1.92. The van der Waals surface area contributed by atoms with Crippen molar-refractivity contribution in [1.29, 1.82) is 0 Å². The van der Waals surface area contributed by atoms with Gasteiger partial charge in [-0.25, -0.2) is 0 Å². The number of non-ortho nitro benzene ring substituents is 1. The van der Waals surface area contributed by atoms with Gasteiger partial charge in [-0.2, -0.15) is 0 Å². The number of nitrogens with zero attached hydrogens (tertiary/aromatic N) is 1. The summed E-state index contributed by atoms with van der Waals surface area (Å²) in [5.41, 5.74) is 1.36. The highest BCUT2D eigenvalue weighted by Crippen LogP contribution is 2.32. The SMILES string of the molecule is O=[N+]([O-])c1ccc(Cl)c(-c2cccc(Cl)c2)c1. The van der Waals surface area contributed by atoms with E-state index in [1.807, 2.05) is 0 Å². The molecule has 0 aliphatic rings. The smallest absolute Gasteiger partial charge is 0.258 e. The predicted molar refractivity (Wildman–Crippen MR) is 68.6 cm³/mol. The standard InChI is InChI=1S/C12H7Cl2NO2/c13-9-3-1-2-8(6-9)11-7-10(15(16)17)4-5-12(11)14/h1-7H. The fraction of sp³-hybridized carbons (Fsp3) is 0. The Bertz CT molecular complexity index is 584. The van der Waals surface area contributed by atoms with Gasteiger partial charge in [-0.3, -0.25) is 10.1 Å². The van der Waals surface area contributed by atoms with Gasteiger partial charge in [-0.15, -0.1) is 0 Å². The molecule has 17 heavy (non-hydrogen) atoms. The summed E-state index contributed by atoms with van der Waals surface area (Å²) < 4.78 is 0. The number of nitro groups is 1. The summed E-state index contributed by atoms with van der Waals surface area (Å²) >= 11 is 11.9. The van der Waals surface area contributed by atoms with Crippen LogP contribution in [0.1, 0.15) is 0 Å². The monoisotopic (exact) mass is 267 g/mol. The fourth-order valence-electron chi connectivity index (χ4n) is 1.50. The third-order valence-corrected chi connectivity index (χ3v) is 2.86. The summed E-state index contributed by atoms with van der Waals surface area (Å²) in [6, 6.07) is 11.3. The van der Waals surface area contributed by atoms with Crippen LogP contribution in [0.4, 0.5) is 5.69 Å². The lowest BCUT2D eigenvalue weighted by Gasteiger charge is -2.04. The van der Waals surface area contributed by atoms with Gasteiger partial charge in [0, 0.05) is 27.7 Å². The molecular formula is C12H7Cl2NO2. The van der Waals surface area contributed by atoms with E-state index in [-0.39, 0.29) is 5.69 Å². The molecule has 0 N–H and O–H groups in total. The maximum atomic E-state index is 10.7. The van der Waals surface area contributed by atoms with Gasteiger partial charge < -0.3 is 0 Å². The van der Waals surface area contributed by atoms with Crippen LogP contribution in [0, 0.1) is 10.1 Å². The van der Waals surface area contributed by atoms with Crippen LogP contribution in [0.25, 0.3) is 11.1 Å². The Labute approximate surface area is 108 Å². The van der Waals surface area contributed by atoms with Crippen LogP contribution in [0.5, 0.6) is 0 Å². The highest BCUT2D eigenvalue weighted by Gasteiger charge is 2.11. The van der Waals surface area contributed by atoms with E-state index >= 15 is 0 Å². The van der Waals surface area contributed by atoms with E-state index in [0.29, 0.717) is 15.6 Å². The van der Waals surface area contributed by atoms with Crippen molar-refractivity contribution in [2.24, 2.45) is 0 Å². The van der Waals surface area contributed by atoms with E-state index in [0.717, 1.165) is 5.56 Å². The summed E-state index contributed by atoms with van der Waals surface area (Å²) in [7, 11) is 0. The highest BCUT2D eigenvalue weighted by molar-refractivity contribution is 6.34. The van der Waals surface area contributed by atoms with Crippen molar-refractivity contribution in [3.63, 3.8) is 0 Å². The lowest BCUT2D eigenvalue weighted by atomic mass is 10.1. The van der Waals surface area contributed by atoms with E-state index in [1.54, 1.807) is 24.3 Å². The Balaban J connectivity index is 2.58. The zero-order valence-corrected chi connectivity index (χ0v) is 10.1. The van der Waals surface area contributed by atoms with Crippen LogP contribution < -0.4 is 0 Å². The maximum absolute atomic E-state index is 10.7. The van der Waals surface area contributed by atoms with E-state index in [9.17, 15) is 10.1 Å². The minimum atomic E-state index is -0.454. The number of nitro benzene ring substituents is 1. The average molecular weight is 268 g/mol. The Morgan fingerprint density at radius 3 is 2.47 bits per heavy atom. The van der Waals surface area contributed by atoms with E-state index < -0.39 is 4.92 Å². The predicted octanol–water partition coefficient (Wildman–Crippen LogP) is 4.57. The Morgan fingerprint density at radius 1 is 1.06 bits per heavy atom. The molecule has 0 aliphatic carbocycles. The molecule has 0 radical (unpaired) electrons. The third-order valence-electron chi connectivity index (χ3n) is 2.30. The number of rotatable bonds is 2. The van der Waals surface area contributed by atoms with Crippen molar-refractivity contribution in [3.05, 3.63) is 62.6 Å². The van der Waals surface area contributed by atoms with Crippen molar-refractivity contribution in [2.75, 3.05) is 0 Å². The van der Waals surface area contributed by atoms with Crippen molar-refractivity contribution in [1.82, 2.24) is 0 Å². The molecule has 0 saturated heterocycles. The van der Waals surface area contributed by atoms with Gasteiger partial charge in [0.15, 0.2) is 0 Å². The average Bonchev–Trinajstić information content (AvgIpc) is 2.29. The molecule has 0 atom stereocenters. The zero-order valence-electron chi connectivity index (χ0n) is 8.56. The summed E-state index contributed by atoms with van der Waals surface area (Å²) in [5, 5.41) is 11.7. The van der Waals surface area contributed by atoms with Gasteiger partial charge in [0.25, 0.3) is 5.69 Å². The molecule has 0 unspecified atom stereocenters. The normalized spacial score (nSPS) is 10.2. The Kier molecular flexibility index (Phi) is 3.31. The molecule has 5 heteroatoms. The van der Waals surface area contributed by atoms with Crippen molar-refractivity contribution >= 4 is 28.9 Å². The third kappa shape index (κ3) is 2.57. The molecule has 0 saturated carbocycles. The van der Waals surface area contributed by atoms with Crippen molar-refractivity contribution in [3.8, 4) is 11.1 Å². The summed E-state index contributed by atoms with van der Waals surface area (Å²) in [4.78, 5) is 10.2. The minimum Gasteiger partial charge on any atom is -0.258 e. The highest BCUT2D eigenvalue weighted by atomic mass is 35.5. The van der Waals surface area contributed by atoms with E-state index in [4.69, 9.17) is 23.2 Å². The van der Waals surface area contributed by atoms with Crippen molar-refractivity contribution < 1.29 is 4.92 Å². The molecule has 0 aliphatic heterocycles. The van der Waals surface area contributed by atoms with Gasteiger partial charge in [0.1, 0.15) is 0 Å². The van der Waals surface area contributed by atoms with Gasteiger partial charge in [-0.05, 0) is 23.8 Å². The molecule has 86 valence electrons. The van der Waals surface area contributed by atoms with Crippen LogP contribution in [0.3, 0.4) is 0 Å². The van der Waals surface area contributed by atoms with Crippen LogP contribution in [-0.2, 0) is 0 Å². The van der Waals surface area contributed by atoms with Crippen LogP contribution in [0.2, 0.25) is 10.0 Å². The quantitative estimate of drug-likeness (QED) is 0.591. The number of benzene rings is 2. The van der Waals surface area contributed by atoms with Crippen LogP contribution in [0.15, 0.2) is 42.5 Å². The first kappa shape index (κ1) is 11.9. The van der Waals surface area contributed by atoms with Gasteiger partial charge >= 0.3 is 0 Å². The first-order valence-corrected chi connectivity index (χ1v) is 5.53. The van der Waals surface area contributed by atoms with Gasteiger partial charge in [-0.1, -0.05) is 35.3 Å². The van der Waals surface area contributed by atoms with Crippen LogP contribution >= 0.6 is 23.2 Å². The topological polar surface area (TPSA) is 43.1 Å². The summed E-state index contributed by atoms with van der Waals surface area (Å²) in [6.45, 7) is 0. The van der Waals surface area contributed by atoms with Crippen LogP contribution in [-0.4, -0.2) is 4.92 Å². The number of hydrogen-bond donors (Lipinski definition) is 0. The first-order valence-electron chi connectivity index (χ1n) is 4.78. The van der Waals surface area contributed by atoms with Gasteiger partial charge in [0.2, 0.25) is 0 Å². The Morgan fingerprint density at radius 2 is 1.82 bits per heavy atom. The minimum absolute atomic E-state index is 0.00405. The molecule has 2 aromatic carbocycles. The second kappa shape index (κ2) is 4.73. The maximum Gasteiger partial charge on any atom is 0.270 e. The summed E-state index contributed by atoms with van der Waals surface area (Å²) in [6.07, 6.45) is 0. The zero-order chi connectivity index (χ0) is 12.4. The molecule has 0 spiro atoms. The molecule has 0 fully saturated rings. The molecule has 0 aromatic heterocycles. The second-order valence-corrected chi connectivity index (χ2v) is 4.28. The molecule has 0 heterocycles. The Hall–Kier alpha value is -1.58. The molecule has 2 rings (SSSR count). The molecule has 2 aromatic rings. The summed E-state index contributed by atoms with van der Waals surface area (Å²) in [5.74, 6) is 0. The first-order chi connectivity index (χ1) is 8.08. The second-order valence-electron chi connectivity index (χ2n) is 3.43. The molecule has 3 nitrogen and oxygen atoms in total. The molecular weight excluding hydrogens is 261 g/mol. The lowest BCUT2D eigenvalue weighted by molar-refractivity contribution is -0.384. The van der Waals surface area contributed by atoms with Gasteiger partial charge in [0.05, 0.1) is 4.92 Å². The number of halogens is 2. The van der Waals surface area contributed by atoms with Crippen molar-refractivity contribution in [2.45, 2.75) is 0 Å². The molecule has 0 amide bonds. The van der Waals surface area contributed by atoms with E-state index in [1.165, 1.54) is 18.2 Å². The molecule has 0 bridgehead atoms. The number of hydrogen-bond acceptors (Lipinski definition) is 2. The lowest BCUT2D eigenvalue weighted by Crippen LogP contribution is -1.89.